The second-order valence-electron chi connectivity index (χ2n) is 5.76. The SMILES string of the molecule is [C-]#[N+]c1ccc(OCC(=O)N(CC=C)c2nc3c(s2)CCCC3)cc1. The first-order valence-electron chi connectivity index (χ1n) is 8.21. The van der Waals surface area contributed by atoms with E-state index in [9.17, 15) is 4.79 Å². The highest BCUT2D eigenvalue weighted by Crippen LogP contribution is 2.32. The van der Waals surface area contributed by atoms with Crippen molar-refractivity contribution in [2.75, 3.05) is 18.1 Å². The number of aryl methyl sites for hydroxylation is 2. The monoisotopic (exact) mass is 353 g/mol. The fourth-order valence-electron chi connectivity index (χ4n) is 2.71. The molecular formula is C19H19N3O2S. The molecule has 3 rings (SSSR count). The van der Waals surface area contributed by atoms with Gasteiger partial charge in [0.25, 0.3) is 5.91 Å². The number of carbonyl (C=O) groups excluding carboxylic acids is 1. The van der Waals surface area contributed by atoms with Gasteiger partial charge >= 0.3 is 0 Å². The second-order valence-corrected chi connectivity index (χ2v) is 6.82. The molecule has 1 aliphatic rings. The summed E-state index contributed by atoms with van der Waals surface area (Å²) in [6, 6.07) is 6.73. The molecule has 0 bridgehead atoms. The minimum atomic E-state index is -0.153. The lowest BCUT2D eigenvalue weighted by Crippen LogP contribution is -2.35. The van der Waals surface area contributed by atoms with Crippen LogP contribution in [0.2, 0.25) is 0 Å². The van der Waals surface area contributed by atoms with Crippen LogP contribution >= 0.6 is 11.3 Å². The number of nitrogens with zero attached hydrogens (tertiary/aromatic N) is 3. The molecule has 0 aliphatic heterocycles. The number of rotatable bonds is 6. The van der Waals surface area contributed by atoms with Crippen LogP contribution in [0, 0.1) is 6.57 Å². The van der Waals surface area contributed by atoms with Crippen LogP contribution in [0.1, 0.15) is 23.4 Å². The Morgan fingerprint density at radius 1 is 1.36 bits per heavy atom. The van der Waals surface area contributed by atoms with Gasteiger partial charge in [0.2, 0.25) is 0 Å². The Kier molecular flexibility index (Phi) is 5.46. The van der Waals surface area contributed by atoms with Gasteiger partial charge in [-0.3, -0.25) is 9.69 Å². The summed E-state index contributed by atoms with van der Waals surface area (Å²) < 4.78 is 5.57. The number of amides is 1. The van der Waals surface area contributed by atoms with Crippen molar-refractivity contribution in [1.82, 2.24) is 4.98 Å². The molecule has 0 saturated heterocycles. The maximum atomic E-state index is 12.6. The number of fused-ring (bicyclic) bond motifs is 1. The molecule has 0 N–H and O–H groups in total. The number of benzene rings is 1. The van der Waals surface area contributed by atoms with Gasteiger partial charge in [0.05, 0.1) is 12.3 Å². The fourth-order valence-corrected chi connectivity index (χ4v) is 3.88. The van der Waals surface area contributed by atoms with E-state index in [0.29, 0.717) is 18.0 Å². The first-order valence-corrected chi connectivity index (χ1v) is 9.03. The molecule has 1 aromatic heterocycles. The first kappa shape index (κ1) is 17.2. The minimum Gasteiger partial charge on any atom is -0.484 e. The van der Waals surface area contributed by atoms with E-state index in [-0.39, 0.29) is 12.5 Å². The molecule has 0 saturated carbocycles. The van der Waals surface area contributed by atoms with Crippen LogP contribution in [-0.2, 0) is 17.6 Å². The van der Waals surface area contributed by atoms with Crippen LogP contribution in [0.15, 0.2) is 36.9 Å². The first-order chi connectivity index (χ1) is 12.2. The lowest BCUT2D eigenvalue weighted by Gasteiger charge is -2.18. The van der Waals surface area contributed by atoms with Crippen LogP contribution < -0.4 is 9.64 Å². The zero-order valence-electron chi connectivity index (χ0n) is 13.9. The molecule has 5 nitrogen and oxygen atoms in total. The van der Waals surface area contributed by atoms with Crippen molar-refractivity contribution >= 4 is 28.1 Å². The van der Waals surface area contributed by atoms with Crippen molar-refractivity contribution in [3.8, 4) is 5.75 Å². The van der Waals surface area contributed by atoms with Crippen molar-refractivity contribution in [2.24, 2.45) is 0 Å². The summed E-state index contributed by atoms with van der Waals surface area (Å²) in [4.78, 5) is 23.5. The second kappa shape index (κ2) is 7.95. The van der Waals surface area contributed by atoms with Gasteiger partial charge < -0.3 is 4.74 Å². The molecule has 1 heterocycles. The van der Waals surface area contributed by atoms with Crippen LogP contribution in [0.3, 0.4) is 0 Å². The lowest BCUT2D eigenvalue weighted by molar-refractivity contribution is -0.120. The maximum Gasteiger partial charge on any atom is 0.266 e. The van der Waals surface area contributed by atoms with Gasteiger partial charge in [0.15, 0.2) is 17.4 Å². The summed E-state index contributed by atoms with van der Waals surface area (Å²) in [5.74, 6) is 0.415. The predicted molar refractivity (Wildman–Crippen MR) is 99.5 cm³/mol. The summed E-state index contributed by atoms with van der Waals surface area (Å²) in [6.07, 6.45) is 6.09. The Morgan fingerprint density at radius 2 is 2.12 bits per heavy atom. The van der Waals surface area contributed by atoms with Crippen LogP contribution in [0.5, 0.6) is 5.75 Å². The largest absolute Gasteiger partial charge is 0.484 e. The Labute approximate surface area is 151 Å². The molecule has 0 radical (unpaired) electrons. The van der Waals surface area contributed by atoms with Crippen molar-refractivity contribution in [1.29, 1.82) is 0 Å². The average molecular weight is 353 g/mol. The van der Waals surface area contributed by atoms with Gasteiger partial charge in [-0.1, -0.05) is 18.2 Å². The molecule has 2 aromatic rings. The third-order valence-corrected chi connectivity index (χ3v) is 5.19. The van der Waals surface area contributed by atoms with Crippen LogP contribution in [-0.4, -0.2) is 24.0 Å². The number of carbonyl (C=O) groups is 1. The van der Waals surface area contributed by atoms with Gasteiger partial charge in [-0.2, -0.15) is 0 Å². The highest BCUT2D eigenvalue weighted by atomic mass is 32.1. The van der Waals surface area contributed by atoms with Gasteiger partial charge in [0, 0.05) is 11.4 Å². The standard InChI is InChI=1S/C19H19N3O2S/c1-3-12-22(19-21-16-6-4-5-7-17(16)25-19)18(23)13-24-15-10-8-14(20-2)9-11-15/h3,8-11H,1,4-7,12-13H2. The Balaban J connectivity index is 1.69. The average Bonchev–Trinajstić information content (AvgIpc) is 3.08. The summed E-state index contributed by atoms with van der Waals surface area (Å²) >= 11 is 1.60. The molecule has 6 heteroatoms. The van der Waals surface area contributed by atoms with Gasteiger partial charge in [-0.25, -0.2) is 9.83 Å². The molecule has 1 aliphatic carbocycles. The van der Waals surface area contributed by atoms with E-state index < -0.39 is 0 Å². The molecule has 128 valence electrons. The van der Waals surface area contributed by atoms with Crippen LogP contribution in [0.4, 0.5) is 10.8 Å². The number of ether oxygens (including phenoxy) is 1. The van der Waals surface area contributed by atoms with E-state index in [1.165, 1.54) is 11.3 Å². The van der Waals surface area contributed by atoms with Gasteiger partial charge in [0.1, 0.15) is 5.75 Å². The summed E-state index contributed by atoms with van der Waals surface area (Å²) in [6.45, 7) is 11.0. The smallest absolute Gasteiger partial charge is 0.266 e. The third-order valence-electron chi connectivity index (χ3n) is 4.01. The van der Waals surface area contributed by atoms with E-state index in [1.807, 2.05) is 0 Å². The van der Waals surface area contributed by atoms with E-state index >= 15 is 0 Å². The van der Waals surface area contributed by atoms with Crippen molar-refractivity contribution < 1.29 is 9.53 Å². The fraction of sp³-hybridized carbons (Fsp3) is 0.316. The third kappa shape index (κ3) is 4.06. The summed E-state index contributed by atoms with van der Waals surface area (Å²) in [5, 5.41) is 0.726. The Morgan fingerprint density at radius 3 is 2.80 bits per heavy atom. The highest BCUT2D eigenvalue weighted by Gasteiger charge is 2.22. The normalized spacial score (nSPS) is 12.8. The molecule has 0 atom stereocenters. The Bertz CT molecular complexity index is 782. The molecule has 1 amide bonds. The van der Waals surface area contributed by atoms with E-state index in [2.05, 4.69) is 16.4 Å². The zero-order valence-corrected chi connectivity index (χ0v) is 14.7. The maximum absolute atomic E-state index is 12.6. The number of anilines is 1. The highest BCUT2D eigenvalue weighted by molar-refractivity contribution is 7.16. The molecular weight excluding hydrogens is 334 g/mol. The molecule has 25 heavy (non-hydrogen) atoms. The van der Waals surface area contributed by atoms with Gasteiger partial charge in [-0.15, -0.1) is 17.9 Å². The van der Waals surface area contributed by atoms with E-state index in [0.717, 1.165) is 30.1 Å². The van der Waals surface area contributed by atoms with Crippen LogP contribution in [0.25, 0.3) is 4.85 Å². The molecule has 1 aromatic carbocycles. The van der Waals surface area contributed by atoms with Crippen molar-refractivity contribution in [2.45, 2.75) is 25.7 Å². The van der Waals surface area contributed by atoms with Crippen molar-refractivity contribution in [3.63, 3.8) is 0 Å². The van der Waals surface area contributed by atoms with Crippen molar-refractivity contribution in [3.05, 3.63) is 58.9 Å². The number of thiazole rings is 1. The van der Waals surface area contributed by atoms with E-state index in [4.69, 9.17) is 11.3 Å². The quantitative estimate of drug-likeness (QED) is 0.578. The Hall–Kier alpha value is -2.65. The topological polar surface area (TPSA) is 46.8 Å². The predicted octanol–water partition coefficient (Wildman–Crippen LogP) is 4.17. The van der Waals surface area contributed by atoms with E-state index in [1.54, 1.807) is 46.6 Å². The molecule has 0 fully saturated rings. The minimum absolute atomic E-state index is 0.0740. The lowest BCUT2D eigenvalue weighted by atomic mass is 10.0. The summed E-state index contributed by atoms with van der Waals surface area (Å²) in [5.41, 5.74) is 1.67. The van der Waals surface area contributed by atoms with Gasteiger partial charge in [-0.05, 0) is 37.8 Å². The molecule has 0 spiro atoms. The summed E-state index contributed by atoms with van der Waals surface area (Å²) in [7, 11) is 0. The zero-order chi connectivity index (χ0) is 17.6. The molecule has 0 unspecified atom stereocenters. The number of hydrogen-bond acceptors (Lipinski definition) is 4. The number of aromatic nitrogens is 1. The number of hydrogen-bond donors (Lipinski definition) is 0.